The summed E-state index contributed by atoms with van der Waals surface area (Å²) in [5.74, 6) is 11.6. The van der Waals surface area contributed by atoms with Gasteiger partial charge in [-0.15, -0.1) is 0 Å². The Kier molecular flexibility index (Phi) is 6.30. The largest absolute Gasteiger partial charge is 0.506 e. The minimum Gasteiger partial charge on any atom is -0.506 e. The molecule has 1 aromatic rings. The second-order valence-electron chi connectivity index (χ2n) is 4.14. The van der Waals surface area contributed by atoms with E-state index in [2.05, 4.69) is 30.6 Å². The Hall–Kier alpha value is -2.06. The fourth-order valence-corrected chi connectivity index (χ4v) is 1.47. The fourth-order valence-electron chi connectivity index (χ4n) is 1.47. The molecule has 2 heteroatoms. The van der Waals surface area contributed by atoms with Crippen LogP contribution in [0.5, 0.6) is 5.75 Å². The summed E-state index contributed by atoms with van der Waals surface area (Å²) in [4.78, 5) is 0. The molecule has 0 saturated heterocycles. The fraction of sp³-hybridized carbons (Fsp3) is 0.375. The maximum Gasteiger partial charge on any atom is 0.139 e. The van der Waals surface area contributed by atoms with E-state index in [9.17, 15) is 5.11 Å². The van der Waals surface area contributed by atoms with Crippen molar-refractivity contribution in [3.63, 3.8) is 0 Å². The first-order valence-corrected chi connectivity index (χ1v) is 6.31. The van der Waals surface area contributed by atoms with Gasteiger partial charge in [-0.2, -0.15) is 0 Å². The summed E-state index contributed by atoms with van der Waals surface area (Å²) in [5.41, 5.74) is 6.58. The summed E-state index contributed by atoms with van der Waals surface area (Å²) in [6, 6.07) is 4.95. The molecule has 18 heavy (non-hydrogen) atoms. The van der Waals surface area contributed by atoms with Gasteiger partial charge in [0.15, 0.2) is 0 Å². The van der Waals surface area contributed by atoms with Crippen molar-refractivity contribution in [2.75, 3.05) is 5.73 Å². The predicted octanol–water partition coefficient (Wildman–Crippen LogP) is 3.30. The lowest BCUT2D eigenvalue weighted by atomic mass is 10.1. The number of anilines is 1. The first-order chi connectivity index (χ1) is 8.74. The van der Waals surface area contributed by atoms with Crippen LogP contribution in [0.4, 0.5) is 5.69 Å². The Bertz CT molecular complexity index is 497. The Morgan fingerprint density at radius 1 is 1.17 bits per heavy atom. The summed E-state index contributed by atoms with van der Waals surface area (Å²) in [6.45, 7) is 2.19. The molecule has 1 aromatic carbocycles. The molecule has 0 aromatic heterocycles. The van der Waals surface area contributed by atoms with Crippen molar-refractivity contribution in [2.24, 2.45) is 0 Å². The van der Waals surface area contributed by atoms with Gasteiger partial charge in [-0.1, -0.05) is 38.0 Å². The lowest BCUT2D eigenvalue weighted by molar-refractivity contribution is 0.478. The van der Waals surface area contributed by atoms with Gasteiger partial charge in [-0.25, -0.2) is 0 Å². The normalized spacial score (nSPS) is 8.94. The summed E-state index contributed by atoms with van der Waals surface area (Å²) < 4.78 is 0. The zero-order valence-corrected chi connectivity index (χ0v) is 10.8. The molecule has 94 valence electrons. The van der Waals surface area contributed by atoms with Gasteiger partial charge in [0.05, 0.1) is 5.69 Å². The summed E-state index contributed by atoms with van der Waals surface area (Å²) >= 11 is 0. The monoisotopic (exact) mass is 241 g/mol. The van der Waals surface area contributed by atoms with Crippen molar-refractivity contribution in [1.82, 2.24) is 0 Å². The van der Waals surface area contributed by atoms with Crippen LogP contribution in [-0.4, -0.2) is 5.11 Å². The van der Waals surface area contributed by atoms with Crippen molar-refractivity contribution >= 4 is 5.69 Å². The minimum atomic E-state index is 0.0642. The number of hydrogen-bond donors (Lipinski definition) is 2. The number of phenols is 1. The number of hydrogen-bond acceptors (Lipinski definition) is 2. The first kappa shape index (κ1) is 14.0. The summed E-state index contributed by atoms with van der Waals surface area (Å²) in [7, 11) is 0. The van der Waals surface area contributed by atoms with E-state index in [0.29, 0.717) is 5.69 Å². The van der Waals surface area contributed by atoms with Crippen LogP contribution in [0.25, 0.3) is 0 Å². The average Bonchev–Trinajstić information content (AvgIpc) is 2.37. The molecule has 0 heterocycles. The highest BCUT2D eigenvalue weighted by molar-refractivity contribution is 5.56. The van der Waals surface area contributed by atoms with Gasteiger partial charge < -0.3 is 10.8 Å². The number of nitrogens with two attached hydrogens (primary N) is 1. The molecule has 1 rings (SSSR count). The van der Waals surface area contributed by atoms with Crippen molar-refractivity contribution < 1.29 is 5.11 Å². The van der Waals surface area contributed by atoms with Gasteiger partial charge in [0.2, 0.25) is 0 Å². The third kappa shape index (κ3) is 5.32. The number of rotatable bonds is 4. The van der Waals surface area contributed by atoms with Crippen LogP contribution in [0.15, 0.2) is 18.2 Å². The van der Waals surface area contributed by atoms with E-state index < -0.39 is 0 Å². The molecule has 2 nitrogen and oxygen atoms in total. The number of aromatic hydroxyl groups is 1. The van der Waals surface area contributed by atoms with Crippen LogP contribution in [0.3, 0.4) is 0 Å². The van der Waals surface area contributed by atoms with Crippen molar-refractivity contribution in [3.05, 3.63) is 23.8 Å². The molecule has 0 saturated carbocycles. The predicted molar refractivity (Wildman–Crippen MR) is 75.9 cm³/mol. The molecular weight excluding hydrogens is 222 g/mol. The highest BCUT2D eigenvalue weighted by atomic mass is 16.3. The summed E-state index contributed by atoms with van der Waals surface area (Å²) in [6.07, 6.45) is 5.81. The van der Waals surface area contributed by atoms with Crippen LogP contribution in [0, 0.1) is 23.7 Å². The lowest BCUT2D eigenvalue weighted by Crippen LogP contribution is -1.85. The molecule has 0 fully saturated rings. The number of nitrogen functional groups attached to an aromatic ring is 1. The lowest BCUT2D eigenvalue weighted by Gasteiger charge is -1.96. The van der Waals surface area contributed by atoms with Gasteiger partial charge in [0.25, 0.3) is 0 Å². The van der Waals surface area contributed by atoms with E-state index in [1.54, 1.807) is 18.2 Å². The van der Waals surface area contributed by atoms with Crippen LogP contribution in [0.1, 0.15) is 44.6 Å². The van der Waals surface area contributed by atoms with Crippen LogP contribution in [0.2, 0.25) is 0 Å². The van der Waals surface area contributed by atoms with Gasteiger partial charge in [0.1, 0.15) is 5.75 Å². The number of benzene rings is 1. The van der Waals surface area contributed by atoms with E-state index in [1.807, 2.05) is 0 Å². The quantitative estimate of drug-likeness (QED) is 0.368. The Morgan fingerprint density at radius 2 is 2.00 bits per heavy atom. The van der Waals surface area contributed by atoms with E-state index in [-0.39, 0.29) is 5.75 Å². The molecule has 0 bridgehead atoms. The molecule has 0 aliphatic rings. The molecule has 0 atom stereocenters. The smallest absolute Gasteiger partial charge is 0.139 e. The zero-order chi connectivity index (χ0) is 13.2. The maximum atomic E-state index is 9.39. The van der Waals surface area contributed by atoms with Crippen molar-refractivity contribution in [1.29, 1.82) is 0 Å². The van der Waals surface area contributed by atoms with Crippen molar-refractivity contribution in [3.8, 4) is 29.4 Å². The van der Waals surface area contributed by atoms with E-state index in [4.69, 9.17) is 5.73 Å². The van der Waals surface area contributed by atoms with Gasteiger partial charge >= 0.3 is 0 Å². The molecule has 3 N–H and O–H groups in total. The standard InChI is InChI=1S/C16H19NO/c1-2-3-4-5-6-7-8-9-10-14-11-12-15(17)16(18)13-14/h11-13,18H,2-6,17H2,1H3. The van der Waals surface area contributed by atoms with Gasteiger partial charge in [0, 0.05) is 12.0 Å². The molecule has 0 unspecified atom stereocenters. The average molecular weight is 241 g/mol. The molecular formula is C16H19NO. The Balaban J connectivity index is 2.41. The highest BCUT2D eigenvalue weighted by Crippen LogP contribution is 2.19. The Morgan fingerprint density at radius 3 is 2.72 bits per heavy atom. The second kappa shape index (κ2) is 8.09. The highest BCUT2D eigenvalue weighted by Gasteiger charge is 1.95. The second-order valence-corrected chi connectivity index (χ2v) is 4.14. The van der Waals surface area contributed by atoms with Crippen LogP contribution < -0.4 is 5.73 Å². The topological polar surface area (TPSA) is 46.2 Å². The van der Waals surface area contributed by atoms with Gasteiger partial charge in [-0.3, -0.25) is 0 Å². The maximum absolute atomic E-state index is 9.39. The molecule has 0 amide bonds. The van der Waals surface area contributed by atoms with E-state index >= 15 is 0 Å². The Labute approximate surface area is 109 Å². The summed E-state index contributed by atoms with van der Waals surface area (Å²) in [5, 5.41) is 9.39. The molecule has 0 radical (unpaired) electrons. The molecule has 0 spiro atoms. The van der Waals surface area contributed by atoms with E-state index in [0.717, 1.165) is 18.4 Å². The number of phenolic OH excluding ortho intramolecular Hbond substituents is 1. The van der Waals surface area contributed by atoms with Crippen LogP contribution in [-0.2, 0) is 0 Å². The zero-order valence-electron chi connectivity index (χ0n) is 10.8. The van der Waals surface area contributed by atoms with Crippen LogP contribution >= 0.6 is 0 Å². The number of unbranched alkanes of at least 4 members (excludes halogenated alkanes) is 4. The van der Waals surface area contributed by atoms with Crippen molar-refractivity contribution in [2.45, 2.75) is 39.0 Å². The first-order valence-electron chi connectivity index (χ1n) is 6.31. The molecule has 0 aliphatic heterocycles. The van der Waals surface area contributed by atoms with E-state index in [1.165, 1.54) is 19.3 Å². The molecule has 0 aliphatic carbocycles. The third-order valence-electron chi connectivity index (χ3n) is 2.54. The SMILES string of the molecule is CCCCCCC#CC#Cc1ccc(N)c(O)c1. The third-order valence-corrected chi connectivity index (χ3v) is 2.54. The minimum absolute atomic E-state index is 0.0642. The van der Waals surface area contributed by atoms with Gasteiger partial charge in [-0.05, 0) is 36.5 Å².